The Kier molecular flexibility index (Phi) is 5.60. The predicted octanol–water partition coefficient (Wildman–Crippen LogP) is 5.87. The molecule has 2 atom stereocenters. The number of hydrogen-bond acceptors (Lipinski definition) is 1. The van der Waals surface area contributed by atoms with Gasteiger partial charge in [-0.3, -0.25) is 0 Å². The van der Waals surface area contributed by atoms with Crippen LogP contribution in [0.2, 0.25) is 0 Å². The molecular formula is C19H24BrN. The summed E-state index contributed by atoms with van der Waals surface area (Å²) in [6.07, 6.45) is 1.08. The molecule has 2 heteroatoms. The zero-order chi connectivity index (χ0) is 15.4. The molecule has 21 heavy (non-hydrogen) atoms. The van der Waals surface area contributed by atoms with Gasteiger partial charge >= 0.3 is 0 Å². The number of rotatable bonds is 5. The average Bonchev–Trinajstić information content (AvgIpc) is 2.45. The summed E-state index contributed by atoms with van der Waals surface area (Å²) in [6, 6.07) is 16.0. The fourth-order valence-electron chi connectivity index (χ4n) is 2.85. The van der Waals surface area contributed by atoms with Gasteiger partial charge in [0.2, 0.25) is 0 Å². The van der Waals surface area contributed by atoms with Crippen LogP contribution in [0.3, 0.4) is 0 Å². The lowest BCUT2D eigenvalue weighted by Gasteiger charge is -2.24. The van der Waals surface area contributed by atoms with E-state index in [1.807, 2.05) is 0 Å². The Morgan fingerprint density at radius 1 is 1.05 bits per heavy atom. The molecule has 0 aliphatic heterocycles. The molecule has 0 aromatic heterocycles. The van der Waals surface area contributed by atoms with Crippen molar-refractivity contribution in [3.05, 3.63) is 69.2 Å². The topological polar surface area (TPSA) is 12.0 Å². The molecule has 0 fully saturated rings. The molecule has 0 saturated carbocycles. The van der Waals surface area contributed by atoms with Gasteiger partial charge in [0.25, 0.3) is 0 Å². The van der Waals surface area contributed by atoms with Crippen molar-refractivity contribution in [2.24, 2.45) is 0 Å². The van der Waals surface area contributed by atoms with E-state index >= 15 is 0 Å². The molecule has 0 spiro atoms. The number of aryl methyl sites for hydroxylation is 2. The molecule has 0 radical (unpaired) electrons. The fourth-order valence-corrected chi connectivity index (χ4v) is 3.11. The highest BCUT2D eigenvalue weighted by Crippen LogP contribution is 2.25. The van der Waals surface area contributed by atoms with Crippen LogP contribution < -0.4 is 5.32 Å². The SMILES string of the molecule is CCC(NC(C)c1ccc(C)cc1C)c1ccc(Br)cc1. The van der Waals surface area contributed by atoms with Gasteiger partial charge in [-0.25, -0.2) is 0 Å². The van der Waals surface area contributed by atoms with Crippen LogP contribution in [0, 0.1) is 13.8 Å². The van der Waals surface area contributed by atoms with E-state index in [2.05, 4.69) is 91.4 Å². The Morgan fingerprint density at radius 3 is 2.29 bits per heavy atom. The van der Waals surface area contributed by atoms with Gasteiger partial charge in [-0.15, -0.1) is 0 Å². The van der Waals surface area contributed by atoms with Crippen molar-refractivity contribution in [1.82, 2.24) is 5.32 Å². The maximum Gasteiger partial charge on any atom is 0.0323 e. The number of hydrogen-bond donors (Lipinski definition) is 1. The average molecular weight is 346 g/mol. The van der Waals surface area contributed by atoms with Crippen molar-refractivity contribution in [2.45, 2.75) is 46.2 Å². The van der Waals surface area contributed by atoms with E-state index in [1.54, 1.807) is 0 Å². The first-order valence-electron chi connectivity index (χ1n) is 7.60. The smallest absolute Gasteiger partial charge is 0.0323 e. The van der Waals surface area contributed by atoms with Crippen LogP contribution in [0.25, 0.3) is 0 Å². The van der Waals surface area contributed by atoms with Gasteiger partial charge in [-0.2, -0.15) is 0 Å². The van der Waals surface area contributed by atoms with Crippen LogP contribution in [-0.4, -0.2) is 0 Å². The first-order valence-corrected chi connectivity index (χ1v) is 8.39. The second kappa shape index (κ2) is 7.24. The van der Waals surface area contributed by atoms with Crippen LogP contribution in [0.5, 0.6) is 0 Å². The molecule has 2 rings (SSSR count). The summed E-state index contributed by atoms with van der Waals surface area (Å²) in [6.45, 7) is 8.82. The van der Waals surface area contributed by atoms with E-state index in [9.17, 15) is 0 Å². The fraction of sp³-hybridized carbons (Fsp3) is 0.368. The second-order valence-corrected chi connectivity index (χ2v) is 6.68. The lowest BCUT2D eigenvalue weighted by atomic mass is 9.97. The number of benzene rings is 2. The Bertz CT molecular complexity index is 589. The second-order valence-electron chi connectivity index (χ2n) is 5.76. The first kappa shape index (κ1) is 16.3. The van der Waals surface area contributed by atoms with E-state index < -0.39 is 0 Å². The molecule has 2 aromatic carbocycles. The molecule has 1 N–H and O–H groups in total. The van der Waals surface area contributed by atoms with E-state index in [1.165, 1.54) is 22.3 Å². The minimum Gasteiger partial charge on any atom is -0.303 e. The molecule has 0 heterocycles. The number of halogens is 1. The quantitative estimate of drug-likeness (QED) is 0.714. The minimum absolute atomic E-state index is 0.346. The van der Waals surface area contributed by atoms with Crippen molar-refractivity contribution in [1.29, 1.82) is 0 Å². The normalized spacial score (nSPS) is 14.0. The van der Waals surface area contributed by atoms with E-state index in [0.29, 0.717) is 12.1 Å². The van der Waals surface area contributed by atoms with Gasteiger partial charge in [0.15, 0.2) is 0 Å². The third-order valence-corrected chi connectivity index (χ3v) is 4.55. The summed E-state index contributed by atoms with van der Waals surface area (Å²) >= 11 is 3.50. The van der Waals surface area contributed by atoms with Crippen molar-refractivity contribution in [3.8, 4) is 0 Å². The largest absolute Gasteiger partial charge is 0.303 e. The summed E-state index contributed by atoms with van der Waals surface area (Å²) in [7, 11) is 0. The van der Waals surface area contributed by atoms with E-state index in [4.69, 9.17) is 0 Å². The summed E-state index contributed by atoms with van der Waals surface area (Å²) in [5.74, 6) is 0. The van der Waals surface area contributed by atoms with Crippen LogP contribution >= 0.6 is 15.9 Å². The maximum absolute atomic E-state index is 3.76. The third-order valence-electron chi connectivity index (χ3n) is 4.02. The Hall–Kier alpha value is -1.12. The molecule has 0 amide bonds. The van der Waals surface area contributed by atoms with Crippen LogP contribution in [0.1, 0.15) is 54.6 Å². The summed E-state index contributed by atoms with van der Waals surface area (Å²) < 4.78 is 1.13. The van der Waals surface area contributed by atoms with Gasteiger partial charge in [0.1, 0.15) is 0 Å². The Balaban J connectivity index is 2.15. The van der Waals surface area contributed by atoms with Crippen LogP contribution in [0.4, 0.5) is 0 Å². The van der Waals surface area contributed by atoms with Gasteiger partial charge in [0, 0.05) is 16.6 Å². The van der Waals surface area contributed by atoms with Crippen molar-refractivity contribution in [3.63, 3.8) is 0 Å². The summed E-state index contributed by atoms with van der Waals surface area (Å²) in [5.41, 5.74) is 5.41. The molecule has 0 bridgehead atoms. The zero-order valence-electron chi connectivity index (χ0n) is 13.3. The predicted molar refractivity (Wildman–Crippen MR) is 94.6 cm³/mol. The van der Waals surface area contributed by atoms with Crippen molar-refractivity contribution >= 4 is 15.9 Å². The molecule has 2 aromatic rings. The molecule has 0 saturated heterocycles. The van der Waals surface area contributed by atoms with Gasteiger partial charge in [-0.05, 0) is 56.0 Å². The van der Waals surface area contributed by atoms with Crippen molar-refractivity contribution in [2.75, 3.05) is 0 Å². The molecule has 1 nitrogen and oxygen atoms in total. The zero-order valence-corrected chi connectivity index (χ0v) is 14.9. The van der Waals surface area contributed by atoms with E-state index in [-0.39, 0.29) is 0 Å². The molecule has 2 unspecified atom stereocenters. The maximum atomic E-state index is 3.76. The number of nitrogens with one attached hydrogen (secondary N) is 1. The van der Waals surface area contributed by atoms with Crippen LogP contribution in [0.15, 0.2) is 46.9 Å². The standard InChI is InChI=1S/C19H24BrN/c1-5-19(16-7-9-17(20)10-8-16)21-15(4)18-11-6-13(2)12-14(18)3/h6-12,15,19,21H,5H2,1-4H3. The minimum atomic E-state index is 0.346. The first-order chi connectivity index (χ1) is 10.0. The Labute approximate surface area is 136 Å². The lowest BCUT2D eigenvalue weighted by Crippen LogP contribution is -2.24. The van der Waals surface area contributed by atoms with Gasteiger partial charge in [0.05, 0.1) is 0 Å². The highest BCUT2D eigenvalue weighted by molar-refractivity contribution is 9.10. The van der Waals surface area contributed by atoms with E-state index in [0.717, 1.165) is 10.9 Å². The monoisotopic (exact) mass is 345 g/mol. The lowest BCUT2D eigenvalue weighted by molar-refractivity contribution is 0.455. The van der Waals surface area contributed by atoms with Crippen molar-refractivity contribution < 1.29 is 0 Å². The van der Waals surface area contributed by atoms with Crippen LogP contribution in [-0.2, 0) is 0 Å². The Morgan fingerprint density at radius 2 is 1.71 bits per heavy atom. The highest BCUT2D eigenvalue weighted by atomic mass is 79.9. The third kappa shape index (κ3) is 4.18. The summed E-state index contributed by atoms with van der Waals surface area (Å²) in [4.78, 5) is 0. The molecular weight excluding hydrogens is 322 g/mol. The molecule has 0 aliphatic rings. The molecule has 0 aliphatic carbocycles. The van der Waals surface area contributed by atoms with Gasteiger partial charge < -0.3 is 5.32 Å². The highest BCUT2D eigenvalue weighted by Gasteiger charge is 2.15. The summed E-state index contributed by atoms with van der Waals surface area (Å²) in [5, 5.41) is 3.76. The molecule has 112 valence electrons. The van der Waals surface area contributed by atoms with Gasteiger partial charge in [-0.1, -0.05) is 58.7 Å².